The van der Waals surface area contributed by atoms with Crippen LogP contribution in [0.25, 0.3) is 0 Å². The molecule has 0 amide bonds. The molecule has 0 aliphatic heterocycles. The van der Waals surface area contributed by atoms with Crippen molar-refractivity contribution in [2.24, 2.45) is 0 Å². The third kappa shape index (κ3) is 2.93. The number of ether oxygens (including phenoxy) is 1. The number of methoxy groups -OCH3 is 1. The highest BCUT2D eigenvalue weighted by molar-refractivity contribution is 9.10. The van der Waals surface area contributed by atoms with Crippen LogP contribution in [-0.4, -0.2) is 12.1 Å². The lowest BCUT2D eigenvalue weighted by atomic mass is 9.88. The summed E-state index contributed by atoms with van der Waals surface area (Å²) in [5.41, 5.74) is 4.87. The van der Waals surface area contributed by atoms with Gasteiger partial charge in [-0.25, -0.2) is 0 Å². The van der Waals surface area contributed by atoms with Gasteiger partial charge in [0.05, 0.1) is 18.9 Å². The second-order valence-electron chi connectivity index (χ2n) is 5.04. The molecule has 0 saturated heterocycles. The molecule has 1 heterocycles. The van der Waals surface area contributed by atoms with Gasteiger partial charge in [-0.2, -0.15) is 5.26 Å². The van der Waals surface area contributed by atoms with E-state index in [0.29, 0.717) is 0 Å². The zero-order valence-corrected chi connectivity index (χ0v) is 14.2. The third-order valence-corrected chi connectivity index (χ3v) is 4.51. The standard InChI is InChI=1S/C17H17BrN2O/c1-10-5-6-16(21-4)12(3)17(10)13(8-19)15-7-11(2)14(18)9-20-15/h5-7,9,13H,1-4H3. The van der Waals surface area contributed by atoms with Crippen molar-refractivity contribution in [3.8, 4) is 11.8 Å². The molecular weight excluding hydrogens is 328 g/mol. The molecular formula is C17H17BrN2O. The molecule has 0 bridgehead atoms. The molecule has 3 nitrogen and oxygen atoms in total. The number of hydrogen-bond acceptors (Lipinski definition) is 3. The van der Waals surface area contributed by atoms with E-state index in [4.69, 9.17) is 4.74 Å². The molecule has 0 saturated carbocycles. The lowest BCUT2D eigenvalue weighted by Crippen LogP contribution is -2.07. The van der Waals surface area contributed by atoms with Gasteiger partial charge in [-0.1, -0.05) is 6.07 Å². The monoisotopic (exact) mass is 344 g/mol. The minimum atomic E-state index is -0.396. The van der Waals surface area contributed by atoms with Gasteiger partial charge >= 0.3 is 0 Å². The van der Waals surface area contributed by atoms with E-state index in [1.54, 1.807) is 13.3 Å². The van der Waals surface area contributed by atoms with Crippen LogP contribution in [0.15, 0.2) is 28.9 Å². The third-order valence-electron chi connectivity index (χ3n) is 3.68. The number of aromatic nitrogens is 1. The summed E-state index contributed by atoms with van der Waals surface area (Å²) in [6.07, 6.45) is 1.75. The van der Waals surface area contributed by atoms with Crippen LogP contribution in [0.5, 0.6) is 5.75 Å². The van der Waals surface area contributed by atoms with E-state index in [1.807, 2.05) is 39.0 Å². The van der Waals surface area contributed by atoms with Crippen LogP contribution < -0.4 is 4.74 Å². The molecule has 1 aromatic heterocycles. The van der Waals surface area contributed by atoms with Crippen molar-refractivity contribution < 1.29 is 4.74 Å². The van der Waals surface area contributed by atoms with Gasteiger partial charge in [0, 0.05) is 10.7 Å². The fraction of sp³-hybridized carbons (Fsp3) is 0.294. The number of nitrogens with zero attached hydrogens (tertiary/aromatic N) is 2. The van der Waals surface area contributed by atoms with Crippen molar-refractivity contribution in [3.63, 3.8) is 0 Å². The van der Waals surface area contributed by atoms with Crippen molar-refractivity contribution >= 4 is 15.9 Å². The first-order valence-electron chi connectivity index (χ1n) is 6.65. The minimum Gasteiger partial charge on any atom is -0.496 e. The molecule has 4 heteroatoms. The van der Waals surface area contributed by atoms with Crippen molar-refractivity contribution in [1.29, 1.82) is 5.26 Å². The first kappa shape index (κ1) is 15.5. The number of aryl methyl sites for hydroxylation is 2. The molecule has 2 aromatic rings. The average molecular weight is 345 g/mol. The molecule has 0 aliphatic carbocycles. The number of benzene rings is 1. The van der Waals surface area contributed by atoms with Gasteiger partial charge in [0.25, 0.3) is 0 Å². The lowest BCUT2D eigenvalue weighted by molar-refractivity contribution is 0.411. The van der Waals surface area contributed by atoms with E-state index in [2.05, 4.69) is 27.0 Å². The molecule has 1 aromatic carbocycles. The maximum atomic E-state index is 9.66. The van der Waals surface area contributed by atoms with Crippen LogP contribution in [0.3, 0.4) is 0 Å². The van der Waals surface area contributed by atoms with Crippen LogP contribution in [0.4, 0.5) is 0 Å². The Hall–Kier alpha value is -1.86. The summed E-state index contributed by atoms with van der Waals surface area (Å²) in [6.45, 7) is 5.99. The Morgan fingerprint density at radius 3 is 2.52 bits per heavy atom. The number of hydrogen-bond donors (Lipinski definition) is 0. The Labute approximate surface area is 133 Å². The van der Waals surface area contributed by atoms with Crippen molar-refractivity contribution in [2.75, 3.05) is 7.11 Å². The minimum absolute atomic E-state index is 0.396. The normalized spacial score (nSPS) is 11.8. The van der Waals surface area contributed by atoms with E-state index in [0.717, 1.165) is 38.2 Å². The predicted molar refractivity (Wildman–Crippen MR) is 86.6 cm³/mol. The summed E-state index contributed by atoms with van der Waals surface area (Å²) in [6, 6.07) is 8.25. The molecule has 0 radical (unpaired) electrons. The van der Waals surface area contributed by atoms with E-state index in [9.17, 15) is 5.26 Å². The fourth-order valence-electron chi connectivity index (χ4n) is 2.51. The van der Waals surface area contributed by atoms with Crippen LogP contribution in [-0.2, 0) is 0 Å². The summed E-state index contributed by atoms with van der Waals surface area (Å²) >= 11 is 3.44. The van der Waals surface area contributed by atoms with Gasteiger partial charge in [0.2, 0.25) is 0 Å². The lowest BCUT2D eigenvalue weighted by Gasteiger charge is -2.18. The summed E-state index contributed by atoms with van der Waals surface area (Å²) in [4.78, 5) is 4.41. The van der Waals surface area contributed by atoms with Crippen molar-refractivity contribution in [2.45, 2.75) is 26.7 Å². The zero-order valence-electron chi connectivity index (χ0n) is 12.6. The maximum Gasteiger partial charge on any atom is 0.122 e. The van der Waals surface area contributed by atoms with Crippen LogP contribution in [0, 0.1) is 32.1 Å². The van der Waals surface area contributed by atoms with E-state index >= 15 is 0 Å². The highest BCUT2D eigenvalue weighted by Gasteiger charge is 2.21. The Kier molecular flexibility index (Phi) is 4.64. The number of rotatable bonds is 3. The molecule has 0 aliphatic rings. The highest BCUT2D eigenvalue weighted by Crippen LogP contribution is 2.34. The SMILES string of the molecule is COc1ccc(C)c(C(C#N)c2cc(C)c(Br)cn2)c1C. The number of halogens is 1. The number of pyridine rings is 1. The van der Waals surface area contributed by atoms with Crippen molar-refractivity contribution in [3.05, 3.63) is 56.8 Å². The summed E-state index contributed by atoms with van der Waals surface area (Å²) in [5, 5.41) is 9.66. The molecule has 108 valence electrons. The van der Waals surface area contributed by atoms with Gasteiger partial charge in [-0.3, -0.25) is 4.98 Å². The quantitative estimate of drug-likeness (QED) is 0.827. The molecule has 1 atom stereocenters. The number of nitriles is 1. The Morgan fingerprint density at radius 2 is 1.95 bits per heavy atom. The van der Waals surface area contributed by atoms with Crippen LogP contribution in [0.2, 0.25) is 0 Å². The van der Waals surface area contributed by atoms with Gasteiger partial charge in [-0.15, -0.1) is 0 Å². The first-order valence-corrected chi connectivity index (χ1v) is 7.44. The largest absolute Gasteiger partial charge is 0.496 e. The topological polar surface area (TPSA) is 45.9 Å². The van der Waals surface area contributed by atoms with Gasteiger partial charge in [0.1, 0.15) is 11.7 Å². The second kappa shape index (κ2) is 6.28. The molecule has 0 spiro atoms. The van der Waals surface area contributed by atoms with E-state index < -0.39 is 5.92 Å². The van der Waals surface area contributed by atoms with Gasteiger partial charge < -0.3 is 4.74 Å². The van der Waals surface area contributed by atoms with Crippen LogP contribution in [0.1, 0.15) is 33.9 Å². The van der Waals surface area contributed by atoms with E-state index in [-0.39, 0.29) is 0 Å². The summed E-state index contributed by atoms with van der Waals surface area (Å²) in [5.74, 6) is 0.400. The van der Waals surface area contributed by atoms with E-state index in [1.165, 1.54) is 0 Å². The fourth-order valence-corrected chi connectivity index (χ4v) is 2.72. The maximum absolute atomic E-state index is 9.66. The van der Waals surface area contributed by atoms with Gasteiger partial charge in [0.15, 0.2) is 0 Å². The smallest absolute Gasteiger partial charge is 0.122 e. The predicted octanol–water partition coefficient (Wildman–Crippen LogP) is 4.43. The van der Waals surface area contributed by atoms with Crippen molar-refractivity contribution in [1.82, 2.24) is 4.98 Å². The summed E-state index contributed by atoms with van der Waals surface area (Å²) < 4.78 is 6.32. The molecule has 0 fully saturated rings. The molecule has 0 N–H and O–H groups in total. The zero-order chi connectivity index (χ0) is 15.6. The molecule has 1 unspecified atom stereocenters. The van der Waals surface area contributed by atoms with Gasteiger partial charge in [-0.05, 0) is 71.1 Å². The Balaban J connectivity index is 2.62. The molecule has 21 heavy (non-hydrogen) atoms. The highest BCUT2D eigenvalue weighted by atomic mass is 79.9. The Morgan fingerprint density at radius 1 is 1.24 bits per heavy atom. The molecule has 2 rings (SSSR count). The second-order valence-corrected chi connectivity index (χ2v) is 5.90. The Bertz CT molecular complexity index is 719. The van der Waals surface area contributed by atoms with Crippen LogP contribution >= 0.6 is 15.9 Å². The average Bonchev–Trinajstić information content (AvgIpc) is 2.47. The summed E-state index contributed by atoms with van der Waals surface area (Å²) in [7, 11) is 1.64. The first-order chi connectivity index (χ1) is 9.99.